The summed E-state index contributed by atoms with van der Waals surface area (Å²) in [5.74, 6) is -6.46. The van der Waals surface area contributed by atoms with Gasteiger partial charge in [0, 0.05) is 13.5 Å². The highest BCUT2D eigenvalue weighted by atomic mass is 19.3. The van der Waals surface area contributed by atoms with Crippen molar-refractivity contribution in [2.75, 3.05) is 6.54 Å². The van der Waals surface area contributed by atoms with E-state index in [1.807, 2.05) is 5.32 Å². The van der Waals surface area contributed by atoms with Crippen molar-refractivity contribution in [3.8, 4) is 0 Å². The maximum atomic E-state index is 13.8. The van der Waals surface area contributed by atoms with E-state index in [9.17, 15) is 23.5 Å². The lowest BCUT2D eigenvalue weighted by Gasteiger charge is -2.31. The van der Waals surface area contributed by atoms with Gasteiger partial charge in [0.15, 0.2) is 0 Å². The molecule has 0 saturated heterocycles. The van der Waals surface area contributed by atoms with Gasteiger partial charge in [-0.15, -0.1) is 0 Å². The minimum absolute atomic E-state index is 0.105. The Labute approximate surface area is 111 Å². The number of amides is 2. The lowest BCUT2D eigenvalue weighted by atomic mass is 9.93. The molecular formula is C12H22F2N2O3. The van der Waals surface area contributed by atoms with Gasteiger partial charge in [0.2, 0.25) is 5.91 Å². The van der Waals surface area contributed by atoms with Crippen LogP contribution < -0.4 is 10.6 Å². The van der Waals surface area contributed by atoms with Gasteiger partial charge in [-0.2, -0.15) is 8.78 Å². The highest BCUT2D eigenvalue weighted by molar-refractivity contribution is 5.84. The molecule has 5 nitrogen and oxygen atoms in total. The summed E-state index contributed by atoms with van der Waals surface area (Å²) in [7, 11) is 0. The normalized spacial score (nSPS) is 14.9. The van der Waals surface area contributed by atoms with Crippen molar-refractivity contribution in [1.29, 1.82) is 0 Å². The highest BCUT2D eigenvalue weighted by Crippen LogP contribution is 2.24. The summed E-state index contributed by atoms with van der Waals surface area (Å²) < 4.78 is 27.6. The fourth-order valence-electron chi connectivity index (χ4n) is 1.56. The monoisotopic (exact) mass is 280 g/mol. The highest BCUT2D eigenvalue weighted by Gasteiger charge is 2.50. The number of halogens is 2. The number of nitrogens with one attached hydrogen (secondary N) is 2. The number of carbonyl (C=O) groups is 2. The molecule has 0 aromatic rings. The van der Waals surface area contributed by atoms with Crippen LogP contribution in [0.15, 0.2) is 0 Å². The van der Waals surface area contributed by atoms with Crippen LogP contribution in [0, 0.1) is 5.92 Å². The van der Waals surface area contributed by atoms with Gasteiger partial charge in [-0.3, -0.25) is 9.59 Å². The Morgan fingerprint density at radius 3 is 2.21 bits per heavy atom. The average Bonchev–Trinajstić information content (AvgIpc) is 2.31. The summed E-state index contributed by atoms with van der Waals surface area (Å²) >= 11 is 0. The quantitative estimate of drug-likeness (QED) is 0.641. The van der Waals surface area contributed by atoms with Gasteiger partial charge >= 0.3 is 5.92 Å². The lowest BCUT2D eigenvalue weighted by Crippen LogP contribution is -2.58. The van der Waals surface area contributed by atoms with Crippen LogP contribution in [0.4, 0.5) is 8.78 Å². The number of rotatable bonds is 7. The standard InChI is InChI=1S/C12H22F2N2O3/c1-5-6-15-11(19)12(13,14)10(18)9(7(2)3)16-8(4)17/h7,9-10,18H,5-6H2,1-4H3,(H,15,19)(H,16,17). The Balaban J connectivity index is 4.94. The van der Waals surface area contributed by atoms with Gasteiger partial charge in [0.25, 0.3) is 5.91 Å². The van der Waals surface area contributed by atoms with E-state index in [-0.39, 0.29) is 6.54 Å². The maximum Gasteiger partial charge on any atom is 0.351 e. The van der Waals surface area contributed by atoms with Crippen molar-refractivity contribution in [3.63, 3.8) is 0 Å². The van der Waals surface area contributed by atoms with E-state index in [1.165, 1.54) is 0 Å². The first-order valence-corrected chi connectivity index (χ1v) is 6.25. The molecule has 0 spiro atoms. The van der Waals surface area contributed by atoms with E-state index in [0.717, 1.165) is 6.92 Å². The fourth-order valence-corrected chi connectivity index (χ4v) is 1.56. The molecule has 112 valence electrons. The third-order valence-corrected chi connectivity index (χ3v) is 2.64. The summed E-state index contributed by atoms with van der Waals surface area (Å²) in [6.07, 6.45) is -1.76. The van der Waals surface area contributed by atoms with Crippen molar-refractivity contribution < 1.29 is 23.5 Å². The maximum absolute atomic E-state index is 13.8. The van der Waals surface area contributed by atoms with Crippen LogP contribution in [-0.2, 0) is 9.59 Å². The predicted octanol–water partition coefficient (Wildman–Crippen LogP) is 0.669. The lowest BCUT2D eigenvalue weighted by molar-refractivity contribution is -0.169. The number of hydrogen-bond acceptors (Lipinski definition) is 3. The van der Waals surface area contributed by atoms with Gasteiger partial charge in [0.05, 0.1) is 6.04 Å². The Kier molecular flexibility index (Phi) is 6.89. The van der Waals surface area contributed by atoms with Crippen LogP contribution in [0.5, 0.6) is 0 Å². The van der Waals surface area contributed by atoms with Crippen molar-refractivity contribution in [2.45, 2.75) is 52.2 Å². The number of carbonyl (C=O) groups excluding carboxylic acids is 2. The van der Waals surface area contributed by atoms with E-state index in [2.05, 4.69) is 5.32 Å². The van der Waals surface area contributed by atoms with E-state index in [1.54, 1.807) is 20.8 Å². The van der Waals surface area contributed by atoms with Crippen molar-refractivity contribution >= 4 is 11.8 Å². The number of aliphatic hydroxyl groups excluding tert-OH is 1. The van der Waals surface area contributed by atoms with Gasteiger partial charge in [0.1, 0.15) is 6.10 Å². The zero-order valence-electron chi connectivity index (χ0n) is 11.7. The molecule has 0 aliphatic carbocycles. The number of hydrogen-bond donors (Lipinski definition) is 3. The van der Waals surface area contributed by atoms with Gasteiger partial charge < -0.3 is 15.7 Å². The average molecular weight is 280 g/mol. The Bertz CT molecular complexity index is 322. The summed E-state index contributed by atoms with van der Waals surface area (Å²) in [5.41, 5.74) is 0. The van der Waals surface area contributed by atoms with Crippen LogP contribution in [0.25, 0.3) is 0 Å². The molecule has 0 aromatic heterocycles. The topological polar surface area (TPSA) is 78.4 Å². The molecule has 2 unspecified atom stereocenters. The first-order valence-electron chi connectivity index (χ1n) is 6.25. The van der Waals surface area contributed by atoms with Gasteiger partial charge in [-0.05, 0) is 12.3 Å². The largest absolute Gasteiger partial charge is 0.384 e. The Hall–Kier alpha value is -1.24. The van der Waals surface area contributed by atoms with Crippen molar-refractivity contribution in [3.05, 3.63) is 0 Å². The smallest absolute Gasteiger partial charge is 0.351 e. The second-order valence-corrected chi connectivity index (χ2v) is 4.79. The van der Waals surface area contributed by atoms with Crippen molar-refractivity contribution in [2.24, 2.45) is 5.92 Å². The summed E-state index contributed by atoms with van der Waals surface area (Å²) in [4.78, 5) is 22.3. The zero-order chi connectivity index (χ0) is 15.2. The van der Waals surface area contributed by atoms with Gasteiger partial charge in [-0.25, -0.2) is 0 Å². The minimum atomic E-state index is -3.95. The summed E-state index contributed by atoms with van der Waals surface area (Å²) in [5, 5.41) is 14.0. The summed E-state index contributed by atoms with van der Waals surface area (Å²) in [6.45, 7) is 6.14. The molecule has 0 aliphatic rings. The van der Waals surface area contributed by atoms with Crippen LogP contribution in [0.2, 0.25) is 0 Å². The molecule has 2 amide bonds. The number of alkyl halides is 2. The molecule has 0 saturated carbocycles. The van der Waals surface area contributed by atoms with Gasteiger partial charge in [-0.1, -0.05) is 20.8 Å². The van der Waals surface area contributed by atoms with Crippen LogP contribution in [0.1, 0.15) is 34.1 Å². The SMILES string of the molecule is CCCNC(=O)C(F)(F)C(O)C(NC(C)=O)C(C)C. The first kappa shape index (κ1) is 17.8. The van der Waals surface area contributed by atoms with E-state index < -0.39 is 35.8 Å². The van der Waals surface area contributed by atoms with E-state index >= 15 is 0 Å². The van der Waals surface area contributed by atoms with Crippen LogP contribution >= 0.6 is 0 Å². The molecule has 0 rings (SSSR count). The molecule has 0 fully saturated rings. The molecular weight excluding hydrogens is 258 g/mol. The third kappa shape index (κ3) is 5.10. The first-order chi connectivity index (χ1) is 8.64. The molecule has 3 N–H and O–H groups in total. The molecule has 2 atom stereocenters. The van der Waals surface area contributed by atoms with Crippen LogP contribution in [-0.4, -0.2) is 41.5 Å². The predicted molar refractivity (Wildman–Crippen MR) is 66.7 cm³/mol. The van der Waals surface area contributed by atoms with Crippen LogP contribution in [0.3, 0.4) is 0 Å². The Morgan fingerprint density at radius 1 is 1.32 bits per heavy atom. The third-order valence-electron chi connectivity index (χ3n) is 2.64. The molecule has 0 radical (unpaired) electrons. The second kappa shape index (κ2) is 7.37. The Morgan fingerprint density at radius 2 is 1.84 bits per heavy atom. The molecule has 0 aliphatic heterocycles. The molecule has 19 heavy (non-hydrogen) atoms. The molecule has 0 bridgehead atoms. The second-order valence-electron chi connectivity index (χ2n) is 4.79. The zero-order valence-corrected chi connectivity index (χ0v) is 11.7. The molecule has 0 heterocycles. The summed E-state index contributed by atoms with van der Waals surface area (Å²) in [6, 6.07) is -1.19. The van der Waals surface area contributed by atoms with Crippen molar-refractivity contribution in [1.82, 2.24) is 10.6 Å². The minimum Gasteiger partial charge on any atom is -0.384 e. The van der Waals surface area contributed by atoms with E-state index in [0.29, 0.717) is 6.42 Å². The van der Waals surface area contributed by atoms with E-state index in [4.69, 9.17) is 0 Å². The molecule has 7 heteroatoms. The molecule has 0 aromatic carbocycles. The fraction of sp³-hybridized carbons (Fsp3) is 0.833. The number of aliphatic hydroxyl groups is 1.